The van der Waals surface area contributed by atoms with E-state index >= 15 is 0 Å². The van der Waals surface area contributed by atoms with Crippen molar-refractivity contribution < 1.29 is 24.1 Å². The number of ether oxygens (including phenoxy) is 2. The maximum absolute atomic E-state index is 12.7. The second-order valence-corrected chi connectivity index (χ2v) is 7.58. The number of carbonyl (C=O) groups excluding carboxylic acids is 1. The highest BCUT2D eigenvalue weighted by Crippen LogP contribution is 2.31. The number of benzene rings is 2. The van der Waals surface area contributed by atoms with E-state index in [-0.39, 0.29) is 11.7 Å². The fourth-order valence-electron chi connectivity index (χ4n) is 3.48. The van der Waals surface area contributed by atoms with Gasteiger partial charge in [-0.05, 0) is 44.2 Å². The first-order valence-corrected chi connectivity index (χ1v) is 9.61. The molecule has 30 heavy (non-hydrogen) atoms. The Labute approximate surface area is 172 Å². The first-order valence-electron chi connectivity index (χ1n) is 9.61. The smallest absolute Gasteiger partial charge is 0.339 e. The number of hydrogen-bond acceptors (Lipinski definition) is 7. The van der Waals surface area contributed by atoms with E-state index in [9.17, 15) is 25.0 Å². The quantitative estimate of drug-likeness (QED) is 0.384. The molecule has 1 saturated carbocycles. The van der Waals surface area contributed by atoms with E-state index in [4.69, 9.17) is 9.47 Å². The molecular weight excluding hydrogens is 392 g/mol. The number of esters is 1. The highest BCUT2D eigenvalue weighted by atomic mass is 16.6. The monoisotopic (exact) mass is 414 g/mol. The molecule has 9 heteroatoms. The molecule has 3 atom stereocenters. The summed E-state index contributed by atoms with van der Waals surface area (Å²) in [5.74, 6) is 0.194. The predicted octanol–water partition coefficient (Wildman–Crippen LogP) is 4.60. The molecule has 0 spiro atoms. The van der Waals surface area contributed by atoms with Crippen molar-refractivity contribution in [2.24, 2.45) is 5.92 Å². The molecule has 158 valence electrons. The fraction of sp³-hybridized carbons (Fsp3) is 0.381. The van der Waals surface area contributed by atoms with Gasteiger partial charge in [-0.15, -0.1) is 0 Å². The number of non-ortho nitro benzene ring substituents is 2. The van der Waals surface area contributed by atoms with Crippen LogP contribution in [0.1, 0.15) is 42.1 Å². The molecule has 2 aromatic carbocycles. The Hall–Kier alpha value is -3.49. The normalized spacial score (nSPS) is 20.9. The molecule has 2 aromatic rings. The third-order valence-electron chi connectivity index (χ3n) is 5.12. The highest BCUT2D eigenvalue weighted by molar-refractivity contribution is 5.91. The van der Waals surface area contributed by atoms with E-state index in [1.54, 1.807) is 0 Å². The van der Waals surface area contributed by atoms with Gasteiger partial charge in [-0.1, -0.05) is 24.6 Å². The van der Waals surface area contributed by atoms with Crippen LogP contribution in [0.15, 0.2) is 42.5 Å². The van der Waals surface area contributed by atoms with Gasteiger partial charge in [0.2, 0.25) is 0 Å². The Balaban J connectivity index is 1.80. The third kappa shape index (κ3) is 5.11. The van der Waals surface area contributed by atoms with Crippen molar-refractivity contribution in [1.82, 2.24) is 0 Å². The molecule has 0 aromatic heterocycles. The molecule has 0 bridgehead atoms. The zero-order chi connectivity index (χ0) is 21.8. The minimum atomic E-state index is -0.848. The molecule has 0 saturated heterocycles. The lowest BCUT2D eigenvalue weighted by molar-refractivity contribution is -0.394. The summed E-state index contributed by atoms with van der Waals surface area (Å²) < 4.78 is 11.7. The topological polar surface area (TPSA) is 122 Å². The second-order valence-electron chi connectivity index (χ2n) is 7.58. The maximum atomic E-state index is 12.7. The van der Waals surface area contributed by atoms with Gasteiger partial charge in [0.1, 0.15) is 18.0 Å². The Morgan fingerprint density at radius 1 is 0.967 bits per heavy atom. The third-order valence-corrected chi connectivity index (χ3v) is 5.12. The summed E-state index contributed by atoms with van der Waals surface area (Å²) in [6, 6.07) is 10.3. The average Bonchev–Trinajstić information content (AvgIpc) is 2.71. The van der Waals surface area contributed by atoms with Crippen molar-refractivity contribution in [2.75, 3.05) is 0 Å². The van der Waals surface area contributed by atoms with Crippen LogP contribution in [0.2, 0.25) is 0 Å². The van der Waals surface area contributed by atoms with Gasteiger partial charge in [0.05, 0.1) is 21.5 Å². The number of nitrogens with zero attached hydrogens (tertiary/aromatic N) is 2. The van der Waals surface area contributed by atoms with Crippen LogP contribution in [0.4, 0.5) is 11.4 Å². The number of rotatable bonds is 6. The molecule has 1 fully saturated rings. The highest BCUT2D eigenvalue weighted by Gasteiger charge is 2.34. The van der Waals surface area contributed by atoms with Gasteiger partial charge in [-0.25, -0.2) is 4.79 Å². The van der Waals surface area contributed by atoms with Gasteiger partial charge < -0.3 is 9.47 Å². The molecule has 0 radical (unpaired) electrons. The van der Waals surface area contributed by atoms with Gasteiger partial charge >= 0.3 is 5.97 Å². The van der Waals surface area contributed by atoms with E-state index < -0.39 is 33.3 Å². The molecule has 9 nitrogen and oxygen atoms in total. The molecule has 1 aliphatic carbocycles. The summed E-state index contributed by atoms with van der Waals surface area (Å²) in [4.78, 5) is 33.2. The van der Waals surface area contributed by atoms with Gasteiger partial charge in [0.15, 0.2) is 0 Å². The van der Waals surface area contributed by atoms with Crippen molar-refractivity contribution >= 4 is 17.3 Å². The fourth-order valence-corrected chi connectivity index (χ4v) is 3.48. The summed E-state index contributed by atoms with van der Waals surface area (Å²) in [5.41, 5.74) is -0.222. The molecule has 0 heterocycles. The number of hydrogen-bond donors (Lipinski definition) is 0. The number of nitro groups is 2. The van der Waals surface area contributed by atoms with E-state index in [0.717, 1.165) is 30.2 Å². The van der Waals surface area contributed by atoms with Crippen molar-refractivity contribution in [3.63, 3.8) is 0 Å². The Morgan fingerprint density at radius 2 is 1.57 bits per heavy atom. The standard InChI is InChI=1S/C21H22N2O7/c1-13-3-6-18(7-4-13)29-20-9-14(2)5-8-19(20)30-21(24)15-10-16(22(25)26)12-17(11-15)23(27)28/h3-4,6-7,10-12,14,19-20H,5,8-9H2,1-2H3/t14-,19+,20+/m0/s1. The number of aryl methyl sites for hydroxylation is 1. The largest absolute Gasteiger partial charge is 0.487 e. The lowest BCUT2D eigenvalue weighted by Gasteiger charge is -2.34. The SMILES string of the molecule is Cc1ccc(O[C@@H]2C[C@@H](C)CC[C@H]2OC(=O)c2cc([N+](=O)[O-])cc([N+](=O)[O-])c2)cc1. The van der Waals surface area contributed by atoms with Crippen LogP contribution in [0.25, 0.3) is 0 Å². The number of nitro benzene ring substituents is 2. The van der Waals surface area contributed by atoms with Crippen LogP contribution in [0.3, 0.4) is 0 Å². The summed E-state index contributed by atoms with van der Waals surface area (Å²) in [7, 11) is 0. The van der Waals surface area contributed by atoms with E-state index in [1.807, 2.05) is 31.2 Å². The first kappa shape index (κ1) is 21.2. The van der Waals surface area contributed by atoms with Crippen molar-refractivity contribution in [3.05, 3.63) is 73.8 Å². The Morgan fingerprint density at radius 3 is 2.13 bits per heavy atom. The first-order chi connectivity index (χ1) is 14.2. The van der Waals surface area contributed by atoms with Crippen LogP contribution in [-0.2, 0) is 4.74 Å². The summed E-state index contributed by atoms with van der Waals surface area (Å²) in [5, 5.41) is 22.1. The molecule has 1 aliphatic rings. The van der Waals surface area contributed by atoms with E-state index in [0.29, 0.717) is 24.5 Å². The van der Waals surface area contributed by atoms with Crippen LogP contribution in [-0.4, -0.2) is 28.0 Å². The number of carbonyl (C=O) groups is 1. The minimum Gasteiger partial charge on any atom is -0.487 e. The Bertz CT molecular complexity index is 926. The maximum Gasteiger partial charge on any atom is 0.339 e. The molecule has 3 rings (SSSR count). The summed E-state index contributed by atoms with van der Waals surface area (Å²) >= 11 is 0. The molecule has 0 unspecified atom stereocenters. The van der Waals surface area contributed by atoms with Gasteiger partial charge in [0, 0.05) is 12.1 Å². The van der Waals surface area contributed by atoms with E-state index in [1.165, 1.54) is 0 Å². The van der Waals surface area contributed by atoms with Crippen LogP contribution in [0, 0.1) is 33.1 Å². The lowest BCUT2D eigenvalue weighted by atomic mass is 9.86. The van der Waals surface area contributed by atoms with Crippen molar-refractivity contribution in [2.45, 2.75) is 45.3 Å². The summed E-state index contributed by atoms with van der Waals surface area (Å²) in [6.07, 6.45) is 1.14. The molecule has 0 amide bonds. The van der Waals surface area contributed by atoms with Gasteiger partial charge in [-0.2, -0.15) is 0 Å². The predicted molar refractivity (Wildman–Crippen MR) is 108 cm³/mol. The van der Waals surface area contributed by atoms with Crippen molar-refractivity contribution in [3.8, 4) is 5.75 Å². The minimum absolute atomic E-state index is 0.233. The van der Waals surface area contributed by atoms with Gasteiger partial charge in [-0.3, -0.25) is 20.2 Å². The molecule has 0 aliphatic heterocycles. The van der Waals surface area contributed by atoms with Crippen molar-refractivity contribution in [1.29, 1.82) is 0 Å². The van der Waals surface area contributed by atoms with Crippen LogP contribution < -0.4 is 4.74 Å². The second kappa shape index (κ2) is 8.89. The van der Waals surface area contributed by atoms with Gasteiger partial charge in [0.25, 0.3) is 11.4 Å². The molecular formula is C21H22N2O7. The van der Waals surface area contributed by atoms with Crippen LogP contribution >= 0.6 is 0 Å². The zero-order valence-electron chi connectivity index (χ0n) is 16.6. The Kier molecular flexibility index (Phi) is 6.29. The van der Waals surface area contributed by atoms with E-state index in [2.05, 4.69) is 6.92 Å². The van der Waals surface area contributed by atoms with Crippen LogP contribution in [0.5, 0.6) is 5.75 Å². The zero-order valence-corrected chi connectivity index (χ0v) is 16.6. The lowest BCUT2D eigenvalue weighted by Crippen LogP contribution is -2.40. The molecule has 0 N–H and O–H groups in total. The summed E-state index contributed by atoms with van der Waals surface area (Å²) in [6.45, 7) is 4.06. The average molecular weight is 414 g/mol.